The number of non-ortho nitro benzene ring substituents is 1. The third-order valence-corrected chi connectivity index (χ3v) is 4.66. The molecule has 3 aromatic rings. The van der Waals surface area contributed by atoms with Crippen molar-refractivity contribution >= 4 is 39.2 Å². The average Bonchev–Trinajstić information content (AvgIpc) is 2.97. The van der Waals surface area contributed by atoms with E-state index in [1.165, 1.54) is 48.6 Å². The highest BCUT2D eigenvalue weighted by Gasteiger charge is 2.07. The number of thiazole rings is 1. The lowest BCUT2D eigenvalue weighted by molar-refractivity contribution is -0.384. The van der Waals surface area contributed by atoms with Crippen LogP contribution in [-0.4, -0.2) is 15.4 Å². The van der Waals surface area contributed by atoms with Gasteiger partial charge in [0, 0.05) is 18.2 Å². The van der Waals surface area contributed by atoms with Crippen LogP contribution in [0.5, 0.6) is 0 Å². The summed E-state index contributed by atoms with van der Waals surface area (Å²) in [5, 5.41) is 10.6. The Hall–Kier alpha value is -3.57. The van der Waals surface area contributed by atoms with Crippen molar-refractivity contribution in [3.8, 4) is 12.3 Å². The van der Waals surface area contributed by atoms with Gasteiger partial charge in [0.2, 0.25) is 0 Å². The van der Waals surface area contributed by atoms with Gasteiger partial charge in [0.1, 0.15) is 5.82 Å². The molecule has 0 unspecified atom stereocenters. The number of carbonyl (C=O) groups is 1. The van der Waals surface area contributed by atoms with Gasteiger partial charge < -0.3 is 4.57 Å². The van der Waals surface area contributed by atoms with Gasteiger partial charge in [-0.2, -0.15) is 4.99 Å². The van der Waals surface area contributed by atoms with E-state index < -0.39 is 10.8 Å². The zero-order valence-electron chi connectivity index (χ0n) is 13.8. The SMILES string of the molecule is C#CCn1c(=NC(=O)C=Cc2ccc([N+](=O)[O-])cc2)sc2cc(F)ccc21. The molecule has 0 saturated carbocycles. The normalized spacial score (nSPS) is 11.8. The molecule has 134 valence electrons. The Labute approximate surface area is 157 Å². The molecule has 1 aromatic heterocycles. The van der Waals surface area contributed by atoms with Gasteiger partial charge in [0.15, 0.2) is 4.80 Å². The molecular weight excluding hydrogens is 369 g/mol. The van der Waals surface area contributed by atoms with Crippen LogP contribution < -0.4 is 4.80 Å². The Morgan fingerprint density at radius 1 is 1.33 bits per heavy atom. The topological polar surface area (TPSA) is 77.5 Å². The van der Waals surface area contributed by atoms with Crippen molar-refractivity contribution in [2.45, 2.75) is 6.54 Å². The summed E-state index contributed by atoms with van der Waals surface area (Å²) in [5.41, 5.74) is 1.29. The molecule has 0 spiro atoms. The number of carbonyl (C=O) groups excluding carboxylic acids is 1. The number of fused-ring (bicyclic) bond motifs is 1. The molecule has 6 nitrogen and oxygen atoms in total. The van der Waals surface area contributed by atoms with Crippen LogP contribution in [-0.2, 0) is 11.3 Å². The number of halogens is 1. The van der Waals surface area contributed by atoms with Crippen molar-refractivity contribution < 1.29 is 14.1 Å². The van der Waals surface area contributed by atoms with Crippen LogP contribution in [0.2, 0.25) is 0 Å². The maximum absolute atomic E-state index is 13.4. The summed E-state index contributed by atoms with van der Waals surface area (Å²) in [4.78, 5) is 26.7. The minimum absolute atomic E-state index is 0.0315. The summed E-state index contributed by atoms with van der Waals surface area (Å²) in [7, 11) is 0. The maximum atomic E-state index is 13.4. The molecule has 1 heterocycles. The molecule has 0 atom stereocenters. The maximum Gasteiger partial charge on any atom is 0.272 e. The van der Waals surface area contributed by atoms with Gasteiger partial charge in [-0.1, -0.05) is 17.3 Å². The van der Waals surface area contributed by atoms with Crippen molar-refractivity contribution in [3.63, 3.8) is 0 Å². The lowest BCUT2D eigenvalue weighted by Crippen LogP contribution is -2.15. The summed E-state index contributed by atoms with van der Waals surface area (Å²) in [5.74, 6) is 1.59. The summed E-state index contributed by atoms with van der Waals surface area (Å²) in [6, 6.07) is 10.0. The number of terminal acetylenes is 1. The fraction of sp³-hybridized carbons (Fsp3) is 0.0526. The van der Waals surface area contributed by atoms with E-state index in [1.807, 2.05) is 0 Å². The Morgan fingerprint density at radius 3 is 2.74 bits per heavy atom. The largest absolute Gasteiger partial charge is 0.305 e. The standard InChI is InChI=1S/C19H12FN3O3S/c1-2-11-22-16-9-6-14(20)12-17(16)27-19(22)21-18(24)10-5-13-3-7-15(8-4-13)23(25)26/h1,3-10,12H,11H2. The molecular formula is C19H12FN3O3S. The predicted octanol–water partition coefficient (Wildman–Crippen LogP) is 3.52. The highest BCUT2D eigenvalue weighted by atomic mass is 32.1. The zero-order chi connectivity index (χ0) is 19.4. The number of nitro groups is 1. The molecule has 0 fully saturated rings. The van der Waals surface area contributed by atoms with Crippen molar-refractivity contribution in [2.75, 3.05) is 0 Å². The van der Waals surface area contributed by atoms with Crippen molar-refractivity contribution in [1.29, 1.82) is 0 Å². The fourth-order valence-corrected chi connectivity index (χ4v) is 3.44. The molecule has 8 heteroatoms. The van der Waals surface area contributed by atoms with Crippen molar-refractivity contribution in [3.05, 3.63) is 74.8 Å². The molecule has 2 aromatic carbocycles. The Balaban J connectivity index is 1.91. The number of nitro benzene ring substituents is 1. The average molecular weight is 381 g/mol. The van der Waals surface area contributed by atoms with E-state index in [4.69, 9.17) is 6.42 Å². The van der Waals surface area contributed by atoms with Gasteiger partial charge in [0.05, 0.1) is 21.7 Å². The highest BCUT2D eigenvalue weighted by Crippen LogP contribution is 2.18. The van der Waals surface area contributed by atoms with Gasteiger partial charge in [-0.05, 0) is 42.0 Å². The van der Waals surface area contributed by atoms with Crippen LogP contribution in [0, 0.1) is 28.3 Å². The third-order valence-electron chi connectivity index (χ3n) is 3.62. The lowest BCUT2D eigenvalue weighted by atomic mass is 10.2. The van der Waals surface area contributed by atoms with Crippen molar-refractivity contribution in [2.24, 2.45) is 4.99 Å². The molecule has 0 saturated heterocycles. The zero-order valence-corrected chi connectivity index (χ0v) is 14.6. The van der Waals surface area contributed by atoms with E-state index in [0.29, 0.717) is 20.6 Å². The minimum atomic E-state index is -0.522. The molecule has 0 aliphatic carbocycles. The quantitative estimate of drug-likeness (QED) is 0.300. The Bertz CT molecular complexity index is 1170. The molecule has 0 N–H and O–H groups in total. The van der Waals surface area contributed by atoms with Crippen LogP contribution in [0.15, 0.2) is 53.5 Å². The molecule has 0 radical (unpaired) electrons. The Kier molecular flexibility index (Phi) is 5.24. The third kappa shape index (κ3) is 4.16. The summed E-state index contributed by atoms with van der Waals surface area (Å²) in [6.07, 6.45) is 8.14. The van der Waals surface area contributed by atoms with Crippen LogP contribution in [0.1, 0.15) is 5.56 Å². The fourth-order valence-electron chi connectivity index (χ4n) is 2.38. The van der Waals surface area contributed by atoms with Gasteiger partial charge in [0.25, 0.3) is 11.6 Å². The molecule has 0 bridgehead atoms. The van der Waals surface area contributed by atoms with E-state index in [9.17, 15) is 19.3 Å². The van der Waals surface area contributed by atoms with Crippen LogP contribution in [0.3, 0.4) is 0 Å². The number of hydrogen-bond donors (Lipinski definition) is 0. The number of benzene rings is 2. The van der Waals surface area contributed by atoms with Crippen molar-refractivity contribution in [1.82, 2.24) is 4.57 Å². The summed E-state index contributed by atoms with van der Waals surface area (Å²) in [6.45, 7) is 0.198. The number of aromatic nitrogens is 1. The first-order chi connectivity index (χ1) is 13.0. The van der Waals surface area contributed by atoms with E-state index in [0.717, 1.165) is 11.3 Å². The van der Waals surface area contributed by atoms with Gasteiger partial charge in [-0.3, -0.25) is 14.9 Å². The molecule has 0 aliphatic rings. The molecule has 0 aliphatic heterocycles. The van der Waals surface area contributed by atoms with Gasteiger partial charge in [-0.15, -0.1) is 6.42 Å². The smallest absolute Gasteiger partial charge is 0.272 e. The van der Waals surface area contributed by atoms with Crippen LogP contribution in [0.25, 0.3) is 16.3 Å². The molecule has 3 rings (SSSR count). The number of rotatable bonds is 4. The molecule has 27 heavy (non-hydrogen) atoms. The first kappa shape index (κ1) is 18.2. The number of hydrogen-bond acceptors (Lipinski definition) is 4. The molecule has 1 amide bonds. The second-order valence-electron chi connectivity index (χ2n) is 5.42. The van der Waals surface area contributed by atoms with E-state index in [1.54, 1.807) is 10.6 Å². The second kappa shape index (κ2) is 7.76. The number of nitrogens with zero attached hydrogens (tertiary/aromatic N) is 3. The van der Waals surface area contributed by atoms with Gasteiger partial charge >= 0.3 is 0 Å². The van der Waals surface area contributed by atoms with Crippen LogP contribution >= 0.6 is 11.3 Å². The predicted molar refractivity (Wildman–Crippen MR) is 101 cm³/mol. The first-order valence-electron chi connectivity index (χ1n) is 7.71. The second-order valence-corrected chi connectivity index (χ2v) is 6.43. The van der Waals surface area contributed by atoms with Crippen LogP contribution in [0.4, 0.5) is 10.1 Å². The summed E-state index contributed by atoms with van der Waals surface area (Å²) < 4.78 is 15.7. The van der Waals surface area contributed by atoms with Gasteiger partial charge in [-0.25, -0.2) is 4.39 Å². The monoisotopic (exact) mass is 381 g/mol. The van der Waals surface area contributed by atoms with E-state index in [-0.39, 0.29) is 18.0 Å². The van der Waals surface area contributed by atoms with E-state index in [2.05, 4.69) is 10.9 Å². The first-order valence-corrected chi connectivity index (χ1v) is 8.53. The number of amides is 1. The lowest BCUT2D eigenvalue weighted by Gasteiger charge is -1.98. The summed E-state index contributed by atoms with van der Waals surface area (Å²) >= 11 is 1.16. The highest BCUT2D eigenvalue weighted by molar-refractivity contribution is 7.16. The minimum Gasteiger partial charge on any atom is -0.305 e. The van der Waals surface area contributed by atoms with E-state index >= 15 is 0 Å². The Morgan fingerprint density at radius 2 is 2.07 bits per heavy atom.